The maximum atomic E-state index is 12.9. The average Bonchev–Trinajstić information content (AvgIpc) is 2.62. The van der Waals surface area contributed by atoms with Crippen LogP contribution in [0.2, 0.25) is 0 Å². The molecule has 0 saturated carbocycles. The summed E-state index contributed by atoms with van der Waals surface area (Å²) in [6, 6.07) is 14.2. The average molecular weight is 340 g/mol. The van der Waals surface area contributed by atoms with E-state index in [-0.39, 0.29) is 28.9 Å². The Morgan fingerprint density at radius 2 is 1.96 bits per heavy atom. The van der Waals surface area contributed by atoms with E-state index in [1.165, 1.54) is 18.2 Å². The zero-order valence-electron chi connectivity index (χ0n) is 13.7. The van der Waals surface area contributed by atoms with Gasteiger partial charge in [0.25, 0.3) is 11.6 Å². The number of hydrogen-bond acceptors (Lipinski definition) is 5. The summed E-state index contributed by atoms with van der Waals surface area (Å²) in [5, 5.41) is 14.6. The van der Waals surface area contributed by atoms with E-state index in [1.54, 1.807) is 4.90 Å². The molecule has 1 atom stereocenters. The van der Waals surface area contributed by atoms with Crippen molar-refractivity contribution in [2.45, 2.75) is 18.9 Å². The zero-order chi connectivity index (χ0) is 17.8. The number of rotatable bonds is 4. The van der Waals surface area contributed by atoms with Crippen LogP contribution in [0.15, 0.2) is 48.5 Å². The fraction of sp³-hybridized carbons (Fsp3) is 0.278. The highest BCUT2D eigenvalue weighted by Crippen LogP contribution is 2.27. The van der Waals surface area contributed by atoms with E-state index in [0.717, 1.165) is 18.5 Å². The van der Waals surface area contributed by atoms with E-state index < -0.39 is 4.92 Å². The van der Waals surface area contributed by atoms with Gasteiger partial charge in [0, 0.05) is 30.9 Å². The van der Waals surface area contributed by atoms with Crippen LogP contribution in [-0.4, -0.2) is 34.9 Å². The second-order valence-corrected chi connectivity index (χ2v) is 6.10. The van der Waals surface area contributed by atoms with Gasteiger partial charge < -0.3 is 16.0 Å². The summed E-state index contributed by atoms with van der Waals surface area (Å²) in [7, 11) is 0. The van der Waals surface area contributed by atoms with Gasteiger partial charge in [0.1, 0.15) is 5.56 Å². The van der Waals surface area contributed by atoms with Crippen molar-refractivity contribution in [3.8, 4) is 0 Å². The molecule has 1 saturated heterocycles. The van der Waals surface area contributed by atoms with Gasteiger partial charge in [-0.15, -0.1) is 0 Å². The summed E-state index contributed by atoms with van der Waals surface area (Å²) in [4.78, 5) is 25.2. The van der Waals surface area contributed by atoms with Crippen molar-refractivity contribution < 1.29 is 9.72 Å². The maximum absolute atomic E-state index is 12.9. The quantitative estimate of drug-likeness (QED) is 0.506. The van der Waals surface area contributed by atoms with Crippen molar-refractivity contribution in [1.82, 2.24) is 4.90 Å². The van der Waals surface area contributed by atoms with Crippen LogP contribution < -0.4 is 11.1 Å². The molecule has 3 rings (SSSR count). The third kappa shape index (κ3) is 3.71. The van der Waals surface area contributed by atoms with Crippen molar-refractivity contribution >= 4 is 23.0 Å². The molecule has 1 amide bonds. The number of likely N-dealkylation sites (tertiary alicyclic amines) is 1. The van der Waals surface area contributed by atoms with Crippen LogP contribution in [-0.2, 0) is 0 Å². The number of amides is 1. The third-order valence-electron chi connectivity index (χ3n) is 4.34. The van der Waals surface area contributed by atoms with E-state index in [0.29, 0.717) is 13.1 Å². The third-order valence-corrected chi connectivity index (χ3v) is 4.34. The molecule has 0 aliphatic carbocycles. The predicted molar refractivity (Wildman–Crippen MR) is 96.5 cm³/mol. The van der Waals surface area contributed by atoms with Crippen LogP contribution in [0, 0.1) is 10.1 Å². The fourth-order valence-electron chi connectivity index (χ4n) is 3.15. The highest BCUT2D eigenvalue weighted by molar-refractivity contribution is 6.03. The summed E-state index contributed by atoms with van der Waals surface area (Å²) in [6.45, 7) is 1.05. The fourth-order valence-corrected chi connectivity index (χ4v) is 3.15. The van der Waals surface area contributed by atoms with E-state index in [2.05, 4.69) is 5.32 Å². The molecular weight excluding hydrogens is 320 g/mol. The van der Waals surface area contributed by atoms with E-state index in [4.69, 9.17) is 5.73 Å². The summed E-state index contributed by atoms with van der Waals surface area (Å²) in [5.74, 6) is -0.385. The van der Waals surface area contributed by atoms with Gasteiger partial charge in [0.05, 0.1) is 10.6 Å². The normalized spacial score (nSPS) is 17.1. The predicted octanol–water partition coefficient (Wildman–Crippen LogP) is 2.89. The minimum Gasteiger partial charge on any atom is -0.398 e. The molecule has 7 heteroatoms. The number of nitrogens with one attached hydrogen (secondary N) is 1. The Labute approximate surface area is 145 Å². The monoisotopic (exact) mass is 340 g/mol. The number of hydrogen-bond donors (Lipinski definition) is 2. The lowest BCUT2D eigenvalue weighted by Crippen LogP contribution is -2.45. The standard InChI is InChI=1S/C18H20N4O3/c19-15-9-4-10-16(22(24)25)17(15)18(23)21-11-5-8-14(12-21)20-13-6-2-1-3-7-13/h1-4,6-7,9-10,14,20H,5,8,11-12,19H2/t14-/m0/s1. The van der Waals surface area contributed by atoms with Crippen molar-refractivity contribution in [1.29, 1.82) is 0 Å². The number of carbonyl (C=O) groups is 1. The first-order chi connectivity index (χ1) is 12.1. The number of nitro groups is 1. The Kier molecular flexibility index (Phi) is 4.83. The molecule has 2 aromatic rings. The van der Waals surface area contributed by atoms with Crippen LogP contribution in [0.3, 0.4) is 0 Å². The number of para-hydroxylation sites is 1. The molecule has 1 fully saturated rings. The molecule has 7 nitrogen and oxygen atoms in total. The number of nitrogens with zero attached hydrogens (tertiary/aromatic N) is 2. The summed E-state index contributed by atoms with van der Waals surface area (Å²) >= 11 is 0. The topological polar surface area (TPSA) is 101 Å². The Hall–Kier alpha value is -3.09. The molecule has 2 aromatic carbocycles. The minimum atomic E-state index is -0.562. The highest BCUT2D eigenvalue weighted by atomic mass is 16.6. The lowest BCUT2D eigenvalue weighted by Gasteiger charge is -2.33. The molecule has 0 radical (unpaired) electrons. The number of anilines is 2. The molecule has 1 aliphatic heterocycles. The van der Waals surface area contributed by atoms with Crippen LogP contribution in [0.1, 0.15) is 23.2 Å². The number of nitro benzene ring substituents is 1. The first-order valence-electron chi connectivity index (χ1n) is 8.20. The number of nitrogen functional groups attached to an aromatic ring is 1. The molecule has 0 aromatic heterocycles. The van der Waals surface area contributed by atoms with Crippen LogP contribution >= 0.6 is 0 Å². The van der Waals surface area contributed by atoms with Gasteiger partial charge >= 0.3 is 0 Å². The molecule has 0 unspecified atom stereocenters. The molecule has 25 heavy (non-hydrogen) atoms. The van der Waals surface area contributed by atoms with Crippen LogP contribution in [0.25, 0.3) is 0 Å². The Morgan fingerprint density at radius 3 is 2.68 bits per heavy atom. The zero-order valence-corrected chi connectivity index (χ0v) is 13.7. The van der Waals surface area contributed by atoms with Crippen molar-refractivity contribution in [2.24, 2.45) is 0 Å². The molecule has 0 bridgehead atoms. The van der Waals surface area contributed by atoms with Crippen molar-refractivity contribution in [3.63, 3.8) is 0 Å². The van der Waals surface area contributed by atoms with Crippen molar-refractivity contribution in [3.05, 3.63) is 64.2 Å². The highest BCUT2D eigenvalue weighted by Gasteiger charge is 2.30. The number of nitrogens with two attached hydrogens (primary N) is 1. The first-order valence-corrected chi connectivity index (χ1v) is 8.20. The molecule has 3 N–H and O–H groups in total. The van der Waals surface area contributed by atoms with Gasteiger partial charge in [0.2, 0.25) is 0 Å². The number of piperidine rings is 1. The van der Waals surface area contributed by atoms with Crippen LogP contribution in [0.5, 0.6) is 0 Å². The van der Waals surface area contributed by atoms with Gasteiger partial charge in [-0.05, 0) is 31.0 Å². The Bertz CT molecular complexity index is 779. The smallest absolute Gasteiger partial charge is 0.284 e. The summed E-state index contributed by atoms with van der Waals surface area (Å²) in [6.07, 6.45) is 1.77. The Morgan fingerprint density at radius 1 is 1.20 bits per heavy atom. The van der Waals surface area contributed by atoms with Gasteiger partial charge in [0.15, 0.2) is 0 Å². The lowest BCUT2D eigenvalue weighted by atomic mass is 10.0. The van der Waals surface area contributed by atoms with E-state index >= 15 is 0 Å². The molecule has 1 aliphatic rings. The minimum absolute atomic E-state index is 0.0205. The second kappa shape index (κ2) is 7.21. The largest absolute Gasteiger partial charge is 0.398 e. The molecular formula is C18H20N4O3. The first kappa shape index (κ1) is 16.8. The maximum Gasteiger partial charge on any atom is 0.284 e. The Balaban J connectivity index is 1.78. The SMILES string of the molecule is Nc1cccc([N+](=O)[O-])c1C(=O)N1CCC[C@H](Nc2ccccc2)C1. The van der Waals surface area contributed by atoms with E-state index in [1.807, 2.05) is 30.3 Å². The molecule has 0 spiro atoms. The van der Waals surface area contributed by atoms with Gasteiger partial charge in [-0.1, -0.05) is 24.3 Å². The number of benzene rings is 2. The van der Waals surface area contributed by atoms with E-state index in [9.17, 15) is 14.9 Å². The summed E-state index contributed by atoms with van der Waals surface area (Å²) < 4.78 is 0. The van der Waals surface area contributed by atoms with Gasteiger partial charge in [-0.2, -0.15) is 0 Å². The van der Waals surface area contributed by atoms with Gasteiger partial charge in [-0.3, -0.25) is 14.9 Å². The second-order valence-electron chi connectivity index (χ2n) is 6.10. The summed E-state index contributed by atoms with van der Waals surface area (Å²) in [5.41, 5.74) is 6.72. The van der Waals surface area contributed by atoms with Crippen LogP contribution in [0.4, 0.5) is 17.1 Å². The van der Waals surface area contributed by atoms with Crippen molar-refractivity contribution in [2.75, 3.05) is 24.1 Å². The molecule has 1 heterocycles. The lowest BCUT2D eigenvalue weighted by molar-refractivity contribution is -0.385. The van der Waals surface area contributed by atoms with Gasteiger partial charge in [-0.25, -0.2) is 0 Å². The molecule has 130 valence electrons. The number of carbonyl (C=O) groups excluding carboxylic acids is 1.